The molecule has 1 N–H and O–H groups in total. The first-order valence-electron chi connectivity index (χ1n) is 11.2. The molecule has 31 heavy (non-hydrogen) atoms. The number of piperidine rings is 1. The van der Waals surface area contributed by atoms with Crippen LogP contribution in [0.5, 0.6) is 0 Å². The summed E-state index contributed by atoms with van der Waals surface area (Å²) in [7, 11) is 0. The Balaban J connectivity index is 1.35. The average Bonchev–Trinajstić information content (AvgIpc) is 3.13. The van der Waals surface area contributed by atoms with Crippen molar-refractivity contribution in [2.24, 2.45) is 5.92 Å². The zero-order valence-electron chi connectivity index (χ0n) is 18.4. The van der Waals surface area contributed by atoms with E-state index < -0.39 is 0 Å². The van der Waals surface area contributed by atoms with Crippen LogP contribution in [-0.4, -0.2) is 40.0 Å². The van der Waals surface area contributed by atoms with E-state index in [0.29, 0.717) is 12.6 Å². The SMILES string of the molecule is CC(C)n1c(CN2CCC[C@@H](C(=O)NCCc3ccc(Cl)cc3)C2)nc2ccccc21. The Morgan fingerprint density at radius 2 is 1.97 bits per heavy atom. The lowest BCUT2D eigenvalue weighted by Crippen LogP contribution is -2.43. The molecule has 4 rings (SSSR count). The van der Waals surface area contributed by atoms with Crippen molar-refractivity contribution in [3.63, 3.8) is 0 Å². The second-order valence-corrected chi connectivity index (χ2v) is 9.16. The van der Waals surface area contributed by atoms with Gasteiger partial charge in [0.1, 0.15) is 5.82 Å². The minimum atomic E-state index is 0.0378. The van der Waals surface area contributed by atoms with Crippen molar-refractivity contribution in [1.82, 2.24) is 19.8 Å². The van der Waals surface area contributed by atoms with E-state index in [1.807, 2.05) is 30.3 Å². The lowest BCUT2D eigenvalue weighted by molar-refractivity contribution is -0.126. The molecular formula is C25H31ClN4O. The van der Waals surface area contributed by atoms with Crippen LogP contribution in [0.1, 0.15) is 44.1 Å². The maximum atomic E-state index is 12.8. The quantitative estimate of drug-likeness (QED) is 0.574. The molecule has 0 spiro atoms. The standard InChI is InChI=1S/C25H31ClN4O/c1-18(2)30-23-8-4-3-7-22(23)28-24(30)17-29-15-5-6-20(16-29)25(31)27-14-13-19-9-11-21(26)12-10-19/h3-4,7-12,18,20H,5-6,13-17H2,1-2H3,(H,27,31)/t20-/m1/s1. The number of hydrogen-bond acceptors (Lipinski definition) is 3. The second kappa shape index (κ2) is 9.84. The fraction of sp³-hybridized carbons (Fsp3) is 0.440. The van der Waals surface area contributed by atoms with Gasteiger partial charge in [0.25, 0.3) is 0 Å². The fourth-order valence-electron chi connectivity index (χ4n) is 4.52. The number of carbonyl (C=O) groups excluding carboxylic acids is 1. The lowest BCUT2D eigenvalue weighted by Gasteiger charge is -2.32. The minimum Gasteiger partial charge on any atom is -0.355 e. The summed E-state index contributed by atoms with van der Waals surface area (Å²) in [6, 6.07) is 16.5. The molecule has 2 heterocycles. The number of halogens is 1. The van der Waals surface area contributed by atoms with E-state index in [0.717, 1.165) is 55.3 Å². The fourth-order valence-corrected chi connectivity index (χ4v) is 4.65. The molecule has 0 radical (unpaired) electrons. The normalized spacial score (nSPS) is 17.4. The van der Waals surface area contributed by atoms with Gasteiger partial charge in [0, 0.05) is 24.2 Å². The van der Waals surface area contributed by atoms with Crippen molar-refractivity contribution >= 4 is 28.5 Å². The van der Waals surface area contributed by atoms with Crippen LogP contribution in [0.4, 0.5) is 0 Å². The van der Waals surface area contributed by atoms with Gasteiger partial charge in [-0.2, -0.15) is 0 Å². The van der Waals surface area contributed by atoms with Crippen LogP contribution < -0.4 is 5.32 Å². The van der Waals surface area contributed by atoms with Crippen LogP contribution in [0.25, 0.3) is 11.0 Å². The predicted molar refractivity (Wildman–Crippen MR) is 126 cm³/mol. The molecular weight excluding hydrogens is 408 g/mol. The van der Waals surface area contributed by atoms with Crippen molar-refractivity contribution < 1.29 is 4.79 Å². The Kier molecular flexibility index (Phi) is 6.93. The number of aromatic nitrogens is 2. The number of para-hydroxylation sites is 2. The molecule has 0 saturated carbocycles. The van der Waals surface area contributed by atoms with Gasteiger partial charge in [-0.1, -0.05) is 35.9 Å². The topological polar surface area (TPSA) is 50.2 Å². The Morgan fingerprint density at radius 3 is 2.74 bits per heavy atom. The molecule has 1 saturated heterocycles. The summed E-state index contributed by atoms with van der Waals surface area (Å²) in [5.41, 5.74) is 3.41. The molecule has 1 amide bonds. The summed E-state index contributed by atoms with van der Waals surface area (Å²) in [5.74, 6) is 1.28. The van der Waals surface area contributed by atoms with Crippen molar-refractivity contribution in [3.05, 3.63) is 64.9 Å². The molecule has 6 heteroatoms. The number of amides is 1. The van der Waals surface area contributed by atoms with Gasteiger partial charge in [-0.3, -0.25) is 9.69 Å². The number of hydrogen-bond donors (Lipinski definition) is 1. The smallest absolute Gasteiger partial charge is 0.224 e. The predicted octanol–water partition coefficient (Wildman–Crippen LogP) is 4.84. The van der Waals surface area contributed by atoms with E-state index in [9.17, 15) is 4.79 Å². The van der Waals surface area contributed by atoms with Crippen molar-refractivity contribution in [2.75, 3.05) is 19.6 Å². The molecule has 5 nitrogen and oxygen atoms in total. The zero-order valence-corrected chi connectivity index (χ0v) is 19.1. The van der Waals surface area contributed by atoms with Gasteiger partial charge in [0.15, 0.2) is 0 Å². The highest BCUT2D eigenvalue weighted by Gasteiger charge is 2.27. The molecule has 2 aromatic carbocycles. The molecule has 1 atom stereocenters. The Bertz CT molecular complexity index is 1030. The van der Waals surface area contributed by atoms with Crippen LogP contribution in [0, 0.1) is 5.92 Å². The highest BCUT2D eigenvalue weighted by Crippen LogP contribution is 2.24. The van der Waals surface area contributed by atoms with E-state index >= 15 is 0 Å². The largest absolute Gasteiger partial charge is 0.355 e. The maximum Gasteiger partial charge on any atom is 0.224 e. The van der Waals surface area contributed by atoms with E-state index in [2.05, 4.69) is 46.8 Å². The van der Waals surface area contributed by atoms with Crippen molar-refractivity contribution in [1.29, 1.82) is 0 Å². The van der Waals surface area contributed by atoms with Gasteiger partial charge in [-0.15, -0.1) is 0 Å². The van der Waals surface area contributed by atoms with Gasteiger partial charge in [-0.25, -0.2) is 4.98 Å². The van der Waals surface area contributed by atoms with Gasteiger partial charge in [0.05, 0.1) is 23.5 Å². The van der Waals surface area contributed by atoms with Crippen LogP contribution in [0.3, 0.4) is 0 Å². The van der Waals surface area contributed by atoms with Crippen LogP contribution >= 0.6 is 11.6 Å². The van der Waals surface area contributed by atoms with Crippen molar-refractivity contribution in [3.8, 4) is 0 Å². The number of nitrogens with one attached hydrogen (secondary N) is 1. The van der Waals surface area contributed by atoms with Gasteiger partial charge in [0.2, 0.25) is 5.91 Å². The van der Waals surface area contributed by atoms with Gasteiger partial charge in [-0.05, 0) is 69.5 Å². The molecule has 1 fully saturated rings. The monoisotopic (exact) mass is 438 g/mol. The molecule has 3 aromatic rings. The first-order valence-corrected chi connectivity index (χ1v) is 11.6. The number of imidazole rings is 1. The molecule has 164 valence electrons. The number of likely N-dealkylation sites (tertiary alicyclic amines) is 1. The van der Waals surface area contributed by atoms with E-state index in [4.69, 9.17) is 16.6 Å². The average molecular weight is 439 g/mol. The van der Waals surface area contributed by atoms with E-state index in [1.165, 1.54) is 11.1 Å². The van der Waals surface area contributed by atoms with E-state index in [1.54, 1.807) is 0 Å². The van der Waals surface area contributed by atoms with Gasteiger partial charge < -0.3 is 9.88 Å². The summed E-state index contributed by atoms with van der Waals surface area (Å²) in [6.45, 7) is 7.63. The minimum absolute atomic E-state index is 0.0378. The van der Waals surface area contributed by atoms with Crippen LogP contribution in [0.2, 0.25) is 5.02 Å². The maximum absolute atomic E-state index is 12.8. The van der Waals surface area contributed by atoms with Gasteiger partial charge >= 0.3 is 0 Å². The Labute approximate surface area is 189 Å². The summed E-state index contributed by atoms with van der Waals surface area (Å²) in [6.07, 6.45) is 2.80. The van der Waals surface area contributed by atoms with Crippen molar-refractivity contribution in [2.45, 2.75) is 45.7 Å². The first-order chi connectivity index (χ1) is 15.0. The molecule has 0 unspecified atom stereocenters. The summed E-state index contributed by atoms with van der Waals surface area (Å²) in [5, 5.41) is 3.87. The summed E-state index contributed by atoms with van der Waals surface area (Å²) >= 11 is 5.94. The molecule has 1 aliphatic heterocycles. The molecule has 0 aliphatic carbocycles. The first kappa shape index (κ1) is 21.8. The molecule has 0 bridgehead atoms. The molecule has 1 aromatic heterocycles. The van der Waals surface area contributed by atoms with Crippen LogP contribution in [-0.2, 0) is 17.8 Å². The zero-order chi connectivity index (χ0) is 21.8. The number of carbonyl (C=O) groups is 1. The summed E-state index contributed by atoms with van der Waals surface area (Å²) < 4.78 is 2.32. The summed E-state index contributed by atoms with van der Waals surface area (Å²) in [4.78, 5) is 20.1. The second-order valence-electron chi connectivity index (χ2n) is 8.72. The highest BCUT2D eigenvalue weighted by atomic mass is 35.5. The third-order valence-corrected chi connectivity index (χ3v) is 6.30. The van der Waals surface area contributed by atoms with E-state index in [-0.39, 0.29) is 11.8 Å². The van der Waals surface area contributed by atoms with Crippen LogP contribution in [0.15, 0.2) is 48.5 Å². The third kappa shape index (κ3) is 5.28. The molecule has 1 aliphatic rings. The Morgan fingerprint density at radius 1 is 1.19 bits per heavy atom. The number of nitrogens with zero attached hydrogens (tertiary/aromatic N) is 3. The number of fused-ring (bicyclic) bond motifs is 1. The third-order valence-electron chi connectivity index (χ3n) is 6.05. The number of rotatable bonds is 7. The lowest BCUT2D eigenvalue weighted by atomic mass is 9.97. The number of benzene rings is 2. The highest BCUT2D eigenvalue weighted by molar-refractivity contribution is 6.30. The Hall–Kier alpha value is -2.37.